The topological polar surface area (TPSA) is 47.9 Å². The maximum absolute atomic E-state index is 9.73. The molecule has 0 radical (unpaired) electrons. The molecule has 0 amide bonds. The first-order valence-electron chi connectivity index (χ1n) is 7.92. The summed E-state index contributed by atoms with van der Waals surface area (Å²) >= 11 is 0. The summed E-state index contributed by atoms with van der Waals surface area (Å²) in [6.07, 6.45) is -0.689. The highest BCUT2D eigenvalue weighted by molar-refractivity contribution is 5.14. The van der Waals surface area contributed by atoms with Gasteiger partial charge in [-0.05, 0) is 11.1 Å². The predicted molar refractivity (Wildman–Crippen MR) is 86.6 cm³/mol. The number of rotatable bonds is 7. The van der Waals surface area contributed by atoms with Crippen LogP contribution in [0.2, 0.25) is 0 Å². The summed E-state index contributed by atoms with van der Waals surface area (Å²) in [5.41, 5.74) is 2.23. The standard InChI is InChI=1S/C19H22O4/c20-19-11-17(22-13-16-9-5-2-6-10-16)18(23-19)14-21-12-15-7-3-1-4-8-15/h1-10,17-20H,11-14H2/t17-,18-,19+/m1/s1. The van der Waals surface area contributed by atoms with Gasteiger partial charge in [0.2, 0.25) is 0 Å². The van der Waals surface area contributed by atoms with Crippen LogP contribution in [0.3, 0.4) is 0 Å². The van der Waals surface area contributed by atoms with E-state index in [-0.39, 0.29) is 12.2 Å². The van der Waals surface area contributed by atoms with Crippen molar-refractivity contribution in [2.24, 2.45) is 0 Å². The van der Waals surface area contributed by atoms with Crippen LogP contribution < -0.4 is 0 Å². The van der Waals surface area contributed by atoms with Crippen LogP contribution in [-0.4, -0.2) is 30.2 Å². The lowest BCUT2D eigenvalue weighted by molar-refractivity contribution is -0.122. The van der Waals surface area contributed by atoms with Crippen molar-refractivity contribution >= 4 is 0 Å². The van der Waals surface area contributed by atoms with E-state index in [1.807, 2.05) is 60.7 Å². The fourth-order valence-electron chi connectivity index (χ4n) is 2.66. The molecule has 1 N–H and O–H groups in total. The number of hydrogen-bond donors (Lipinski definition) is 1. The Hall–Kier alpha value is -1.72. The molecule has 0 saturated carbocycles. The minimum Gasteiger partial charge on any atom is -0.374 e. The van der Waals surface area contributed by atoms with E-state index in [1.54, 1.807) is 0 Å². The number of ether oxygens (including phenoxy) is 3. The lowest BCUT2D eigenvalue weighted by atomic mass is 10.2. The number of aliphatic hydroxyl groups excluding tert-OH is 1. The Labute approximate surface area is 136 Å². The molecule has 3 rings (SSSR count). The van der Waals surface area contributed by atoms with Gasteiger partial charge in [0.1, 0.15) is 6.10 Å². The van der Waals surface area contributed by atoms with Crippen LogP contribution in [0, 0.1) is 0 Å². The van der Waals surface area contributed by atoms with E-state index in [1.165, 1.54) is 0 Å². The van der Waals surface area contributed by atoms with Gasteiger partial charge in [0, 0.05) is 6.42 Å². The Morgan fingerprint density at radius 2 is 1.52 bits per heavy atom. The fraction of sp³-hybridized carbons (Fsp3) is 0.368. The zero-order valence-corrected chi connectivity index (χ0v) is 13.0. The Morgan fingerprint density at radius 3 is 2.17 bits per heavy atom. The Kier molecular flexibility index (Phi) is 5.77. The summed E-state index contributed by atoms with van der Waals surface area (Å²) in [6, 6.07) is 20.0. The first-order valence-corrected chi connectivity index (χ1v) is 7.92. The summed E-state index contributed by atoms with van der Waals surface area (Å²) in [5.74, 6) is 0. The summed E-state index contributed by atoms with van der Waals surface area (Å²) in [5, 5.41) is 9.73. The normalized spacial score (nSPS) is 24.0. The highest BCUT2D eigenvalue weighted by Gasteiger charge is 2.35. The summed E-state index contributed by atoms with van der Waals surface area (Å²) < 4.78 is 17.1. The second-order valence-electron chi connectivity index (χ2n) is 5.70. The van der Waals surface area contributed by atoms with E-state index < -0.39 is 6.29 Å². The molecule has 0 aromatic heterocycles. The van der Waals surface area contributed by atoms with E-state index in [2.05, 4.69) is 0 Å². The van der Waals surface area contributed by atoms with Crippen molar-refractivity contribution in [1.29, 1.82) is 0 Å². The fourth-order valence-corrected chi connectivity index (χ4v) is 2.66. The smallest absolute Gasteiger partial charge is 0.157 e. The highest BCUT2D eigenvalue weighted by atomic mass is 16.6. The summed E-state index contributed by atoms with van der Waals surface area (Å²) in [6.45, 7) is 1.45. The number of benzene rings is 2. The zero-order chi connectivity index (χ0) is 15.9. The van der Waals surface area contributed by atoms with Gasteiger partial charge in [-0.2, -0.15) is 0 Å². The van der Waals surface area contributed by atoms with Crippen molar-refractivity contribution in [1.82, 2.24) is 0 Å². The maximum Gasteiger partial charge on any atom is 0.157 e. The van der Waals surface area contributed by atoms with Crippen molar-refractivity contribution in [3.05, 3.63) is 71.8 Å². The highest BCUT2D eigenvalue weighted by Crippen LogP contribution is 2.23. The van der Waals surface area contributed by atoms with Crippen LogP contribution in [0.25, 0.3) is 0 Å². The third-order valence-corrected chi connectivity index (χ3v) is 3.88. The molecular formula is C19H22O4. The van der Waals surface area contributed by atoms with Gasteiger partial charge in [0.15, 0.2) is 6.29 Å². The van der Waals surface area contributed by atoms with E-state index in [9.17, 15) is 5.11 Å². The van der Waals surface area contributed by atoms with Gasteiger partial charge in [-0.15, -0.1) is 0 Å². The van der Waals surface area contributed by atoms with E-state index in [4.69, 9.17) is 14.2 Å². The Bertz CT molecular complexity index is 572. The summed E-state index contributed by atoms with van der Waals surface area (Å²) in [4.78, 5) is 0. The molecular weight excluding hydrogens is 292 g/mol. The third-order valence-electron chi connectivity index (χ3n) is 3.88. The van der Waals surface area contributed by atoms with Crippen molar-refractivity contribution in [3.8, 4) is 0 Å². The molecule has 1 fully saturated rings. The van der Waals surface area contributed by atoms with Gasteiger partial charge in [-0.25, -0.2) is 0 Å². The van der Waals surface area contributed by atoms with Gasteiger partial charge in [-0.1, -0.05) is 60.7 Å². The quantitative estimate of drug-likeness (QED) is 0.854. The predicted octanol–water partition coefficient (Wildman–Crippen LogP) is 2.90. The molecule has 1 heterocycles. The lowest BCUT2D eigenvalue weighted by Gasteiger charge is -2.19. The molecule has 0 spiro atoms. The van der Waals surface area contributed by atoms with Gasteiger partial charge < -0.3 is 19.3 Å². The van der Waals surface area contributed by atoms with Crippen molar-refractivity contribution in [3.63, 3.8) is 0 Å². The molecule has 23 heavy (non-hydrogen) atoms. The summed E-state index contributed by atoms with van der Waals surface area (Å²) in [7, 11) is 0. The van der Waals surface area contributed by atoms with E-state index in [0.29, 0.717) is 26.2 Å². The van der Waals surface area contributed by atoms with Crippen LogP contribution >= 0.6 is 0 Å². The first kappa shape index (κ1) is 16.1. The first-order chi connectivity index (χ1) is 11.3. The molecule has 4 heteroatoms. The molecule has 122 valence electrons. The largest absolute Gasteiger partial charge is 0.374 e. The van der Waals surface area contributed by atoms with Crippen LogP contribution in [0.5, 0.6) is 0 Å². The molecule has 2 aromatic rings. The van der Waals surface area contributed by atoms with Crippen LogP contribution in [-0.2, 0) is 27.4 Å². The second-order valence-corrected chi connectivity index (χ2v) is 5.70. The van der Waals surface area contributed by atoms with Crippen LogP contribution in [0.1, 0.15) is 17.5 Å². The van der Waals surface area contributed by atoms with E-state index in [0.717, 1.165) is 11.1 Å². The number of aliphatic hydroxyl groups is 1. The Balaban J connectivity index is 1.47. The molecule has 2 aromatic carbocycles. The molecule has 1 aliphatic heterocycles. The number of hydrogen-bond acceptors (Lipinski definition) is 4. The zero-order valence-electron chi connectivity index (χ0n) is 13.0. The molecule has 4 nitrogen and oxygen atoms in total. The maximum atomic E-state index is 9.73. The lowest BCUT2D eigenvalue weighted by Crippen LogP contribution is -2.29. The van der Waals surface area contributed by atoms with Gasteiger partial charge in [-0.3, -0.25) is 0 Å². The average Bonchev–Trinajstić information content (AvgIpc) is 2.95. The van der Waals surface area contributed by atoms with Crippen molar-refractivity contribution in [2.45, 2.75) is 38.1 Å². The Morgan fingerprint density at radius 1 is 0.913 bits per heavy atom. The van der Waals surface area contributed by atoms with E-state index >= 15 is 0 Å². The minimum absolute atomic E-state index is 0.152. The van der Waals surface area contributed by atoms with Gasteiger partial charge in [0.05, 0.1) is 25.9 Å². The second kappa shape index (κ2) is 8.22. The third kappa shape index (κ3) is 4.88. The molecule has 0 bridgehead atoms. The van der Waals surface area contributed by atoms with Crippen LogP contribution in [0.4, 0.5) is 0 Å². The van der Waals surface area contributed by atoms with Gasteiger partial charge in [0.25, 0.3) is 0 Å². The minimum atomic E-state index is -0.777. The molecule has 0 aliphatic carbocycles. The molecule has 3 atom stereocenters. The van der Waals surface area contributed by atoms with Crippen molar-refractivity contribution < 1.29 is 19.3 Å². The molecule has 1 saturated heterocycles. The SMILES string of the molecule is O[C@@H]1C[C@@H](OCc2ccccc2)[C@@H](COCc2ccccc2)O1. The molecule has 1 aliphatic rings. The van der Waals surface area contributed by atoms with Crippen molar-refractivity contribution in [2.75, 3.05) is 6.61 Å². The monoisotopic (exact) mass is 314 g/mol. The molecule has 0 unspecified atom stereocenters. The van der Waals surface area contributed by atoms with Crippen LogP contribution in [0.15, 0.2) is 60.7 Å². The van der Waals surface area contributed by atoms with Gasteiger partial charge >= 0.3 is 0 Å². The average molecular weight is 314 g/mol.